The van der Waals surface area contributed by atoms with Crippen LogP contribution in [0.4, 0.5) is 0 Å². The lowest BCUT2D eigenvalue weighted by molar-refractivity contribution is 0.631. The Hall–Kier alpha value is -2.03. The molecule has 4 rings (SSSR count). The number of rotatable bonds is 1. The van der Waals surface area contributed by atoms with E-state index < -0.39 is 0 Å². The van der Waals surface area contributed by atoms with E-state index in [-0.39, 0.29) is 0 Å². The van der Waals surface area contributed by atoms with Crippen molar-refractivity contribution in [1.29, 1.82) is 0 Å². The van der Waals surface area contributed by atoms with Crippen molar-refractivity contribution in [3.8, 4) is 11.3 Å². The number of fused-ring (bicyclic) bond motifs is 2. The van der Waals surface area contributed by atoms with E-state index in [1.807, 2.05) is 48.5 Å². The predicted octanol–water partition coefficient (Wildman–Crippen LogP) is 5.95. The molecule has 21 heavy (non-hydrogen) atoms. The summed E-state index contributed by atoms with van der Waals surface area (Å²) in [5.74, 6) is 0.800. The van der Waals surface area contributed by atoms with Crippen LogP contribution in [-0.4, -0.2) is 4.98 Å². The second kappa shape index (κ2) is 4.76. The van der Waals surface area contributed by atoms with Crippen LogP contribution < -0.4 is 0 Å². The third kappa shape index (κ3) is 2.08. The van der Waals surface area contributed by atoms with Gasteiger partial charge in [-0.1, -0.05) is 53.5 Å². The van der Waals surface area contributed by atoms with Gasteiger partial charge in [0.2, 0.25) is 0 Å². The van der Waals surface area contributed by atoms with Crippen LogP contribution in [0.25, 0.3) is 33.1 Å². The largest absolute Gasteiger partial charge is 0.456 e. The third-order valence-electron chi connectivity index (χ3n) is 3.50. The fraction of sp³-hybridized carbons (Fsp3) is 0. The molecular weight excluding hydrogens is 305 g/mol. The summed E-state index contributed by atoms with van der Waals surface area (Å²) in [5.41, 5.74) is 1.81. The molecule has 0 saturated carbocycles. The van der Waals surface area contributed by atoms with Crippen LogP contribution in [-0.2, 0) is 0 Å². The maximum absolute atomic E-state index is 6.17. The van der Waals surface area contributed by atoms with E-state index in [2.05, 4.69) is 4.98 Å². The molecule has 4 heteroatoms. The molecule has 0 spiro atoms. The first-order valence-corrected chi connectivity index (χ1v) is 7.21. The Bertz CT molecular complexity index is 942. The van der Waals surface area contributed by atoms with Crippen LogP contribution in [0.2, 0.25) is 10.2 Å². The fourth-order valence-electron chi connectivity index (χ4n) is 2.45. The number of benzene rings is 2. The number of aromatic nitrogens is 1. The number of hydrogen-bond donors (Lipinski definition) is 0. The first kappa shape index (κ1) is 12.7. The van der Waals surface area contributed by atoms with Crippen LogP contribution in [0.3, 0.4) is 0 Å². The first-order valence-electron chi connectivity index (χ1n) is 6.45. The van der Waals surface area contributed by atoms with Gasteiger partial charge in [0, 0.05) is 27.9 Å². The van der Waals surface area contributed by atoms with Crippen molar-refractivity contribution in [2.24, 2.45) is 0 Å². The highest BCUT2D eigenvalue weighted by Gasteiger charge is 2.10. The molecule has 4 aromatic rings. The minimum absolute atomic E-state index is 0.437. The van der Waals surface area contributed by atoms with Crippen LogP contribution in [0, 0.1) is 0 Å². The van der Waals surface area contributed by atoms with Gasteiger partial charge in [-0.25, -0.2) is 4.98 Å². The molecular formula is C17H9Cl2NO. The van der Waals surface area contributed by atoms with Gasteiger partial charge in [0.1, 0.15) is 16.5 Å². The zero-order valence-electron chi connectivity index (χ0n) is 10.8. The first-order chi connectivity index (χ1) is 10.2. The molecule has 102 valence electrons. The molecule has 0 bridgehead atoms. The van der Waals surface area contributed by atoms with Gasteiger partial charge in [-0.05, 0) is 18.2 Å². The van der Waals surface area contributed by atoms with Crippen LogP contribution >= 0.6 is 23.2 Å². The molecule has 0 fully saturated rings. The maximum Gasteiger partial charge on any atom is 0.136 e. The predicted molar refractivity (Wildman–Crippen MR) is 87.0 cm³/mol. The minimum atomic E-state index is 0.437. The van der Waals surface area contributed by atoms with E-state index in [1.54, 1.807) is 6.20 Å². The Morgan fingerprint density at radius 2 is 1.76 bits per heavy atom. The van der Waals surface area contributed by atoms with E-state index in [0.29, 0.717) is 10.2 Å². The number of hydrogen-bond acceptors (Lipinski definition) is 2. The van der Waals surface area contributed by atoms with Gasteiger partial charge in [0.15, 0.2) is 0 Å². The zero-order chi connectivity index (χ0) is 14.4. The van der Waals surface area contributed by atoms with Crippen molar-refractivity contribution in [2.75, 3.05) is 0 Å². The summed E-state index contributed by atoms with van der Waals surface area (Å²) in [7, 11) is 0. The van der Waals surface area contributed by atoms with Gasteiger partial charge in [-0.3, -0.25) is 0 Å². The van der Waals surface area contributed by atoms with E-state index in [4.69, 9.17) is 27.6 Å². The molecule has 0 amide bonds. The molecule has 0 aliphatic heterocycles. The second-order valence-corrected chi connectivity index (χ2v) is 5.57. The van der Waals surface area contributed by atoms with Crippen LogP contribution in [0.15, 0.2) is 59.1 Å². The smallest absolute Gasteiger partial charge is 0.136 e. The van der Waals surface area contributed by atoms with E-state index in [0.717, 1.165) is 33.1 Å². The van der Waals surface area contributed by atoms with Crippen molar-refractivity contribution < 1.29 is 4.42 Å². The van der Waals surface area contributed by atoms with E-state index >= 15 is 0 Å². The Morgan fingerprint density at radius 3 is 2.62 bits per heavy atom. The standard InChI is InChI=1S/C17H9Cl2NO/c18-14-9-20-17(19)13-7-11(5-6-12(13)14)16-8-10-3-1-2-4-15(10)21-16/h1-9H. The molecule has 0 radical (unpaired) electrons. The Labute approximate surface area is 130 Å². The van der Waals surface area contributed by atoms with Gasteiger partial charge in [0.25, 0.3) is 0 Å². The highest BCUT2D eigenvalue weighted by atomic mass is 35.5. The second-order valence-electron chi connectivity index (χ2n) is 4.81. The van der Waals surface area contributed by atoms with Crippen LogP contribution in [0.5, 0.6) is 0 Å². The van der Waals surface area contributed by atoms with Crippen molar-refractivity contribution in [3.05, 3.63) is 64.9 Å². The Balaban J connectivity index is 1.96. The molecule has 2 nitrogen and oxygen atoms in total. The number of nitrogens with zero attached hydrogens (tertiary/aromatic N) is 1. The third-order valence-corrected chi connectivity index (χ3v) is 4.10. The van der Waals surface area contributed by atoms with Crippen molar-refractivity contribution in [3.63, 3.8) is 0 Å². The molecule has 2 aromatic carbocycles. The van der Waals surface area contributed by atoms with Crippen molar-refractivity contribution in [2.45, 2.75) is 0 Å². The highest BCUT2D eigenvalue weighted by molar-refractivity contribution is 6.39. The topological polar surface area (TPSA) is 26.0 Å². The molecule has 0 aliphatic rings. The van der Waals surface area contributed by atoms with Crippen molar-refractivity contribution in [1.82, 2.24) is 4.98 Å². The maximum atomic E-state index is 6.17. The molecule has 0 N–H and O–H groups in total. The number of furan rings is 1. The molecule has 2 heterocycles. The molecule has 0 unspecified atom stereocenters. The number of halogens is 2. The van der Waals surface area contributed by atoms with Gasteiger partial charge in [0.05, 0.1) is 5.02 Å². The monoisotopic (exact) mass is 313 g/mol. The molecule has 0 aliphatic carbocycles. The van der Waals surface area contributed by atoms with Gasteiger partial charge >= 0.3 is 0 Å². The quantitative estimate of drug-likeness (QED) is 0.405. The zero-order valence-corrected chi connectivity index (χ0v) is 12.3. The average molecular weight is 314 g/mol. The summed E-state index contributed by atoms with van der Waals surface area (Å²) in [6, 6.07) is 15.8. The Morgan fingerprint density at radius 1 is 0.905 bits per heavy atom. The van der Waals surface area contributed by atoms with E-state index in [1.165, 1.54) is 0 Å². The van der Waals surface area contributed by atoms with E-state index in [9.17, 15) is 0 Å². The summed E-state index contributed by atoms with van der Waals surface area (Å²) < 4.78 is 5.88. The summed E-state index contributed by atoms with van der Waals surface area (Å²) >= 11 is 12.3. The Kier molecular flexibility index (Phi) is 2.88. The average Bonchev–Trinajstić information content (AvgIpc) is 2.95. The van der Waals surface area contributed by atoms with Gasteiger partial charge < -0.3 is 4.42 Å². The lowest BCUT2D eigenvalue weighted by Gasteiger charge is -2.04. The summed E-state index contributed by atoms with van der Waals surface area (Å²) in [6.07, 6.45) is 1.56. The SMILES string of the molecule is Clc1cnc(Cl)c2cc(-c3cc4ccccc4o3)ccc12. The van der Waals surface area contributed by atoms with Gasteiger partial charge in [-0.15, -0.1) is 0 Å². The molecule has 0 atom stereocenters. The summed E-state index contributed by atoms with van der Waals surface area (Å²) in [6.45, 7) is 0. The molecule has 2 aromatic heterocycles. The lowest BCUT2D eigenvalue weighted by Crippen LogP contribution is -1.82. The fourth-order valence-corrected chi connectivity index (χ4v) is 2.87. The minimum Gasteiger partial charge on any atom is -0.456 e. The van der Waals surface area contributed by atoms with Crippen molar-refractivity contribution >= 4 is 44.9 Å². The van der Waals surface area contributed by atoms with Gasteiger partial charge in [-0.2, -0.15) is 0 Å². The molecule has 0 saturated heterocycles. The number of pyridine rings is 1. The van der Waals surface area contributed by atoms with Crippen LogP contribution in [0.1, 0.15) is 0 Å². The normalized spacial score (nSPS) is 11.3. The lowest BCUT2D eigenvalue weighted by atomic mass is 10.1. The summed E-state index contributed by atoms with van der Waals surface area (Å²) in [4.78, 5) is 4.09. The number of para-hydroxylation sites is 1. The summed E-state index contributed by atoms with van der Waals surface area (Å²) in [5, 5.41) is 3.81. The highest BCUT2D eigenvalue weighted by Crippen LogP contribution is 2.33.